The fraction of sp³-hybridized carbons (Fsp3) is 0.500. The van der Waals surface area contributed by atoms with Crippen molar-refractivity contribution in [2.45, 2.75) is 32.2 Å². The van der Waals surface area contributed by atoms with Crippen LogP contribution < -0.4 is 11.5 Å². The highest BCUT2D eigenvalue weighted by Crippen LogP contribution is 2.27. The number of hydrogen-bond donors (Lipinski definition) is 2. The molecule has 0 radical (unpaired) electrons. The number of carbonyl (C=O) groups excluding carboxylic acids is 1. The second-order valence-electron chi connectivity index (χ2n) is 8.87. The molecule has 0 aromatic carbocycles. The fourth-order valence-electron chi connectivity index (χ4n) is 4.84. The topological polar surface area (TPSA) is 123 Å². The van der Waals surface area contributed by atoms with Crippen LogP contribution in [0.5, 0.6) is 0 Å². The molecule has 2 fully saturated rings. The summed E-state index contributed by atoms with van der Waals surface area (Å²) in [7, 11) is 1.55. The van der Waals surface area contributed by atoms with Crippen molar-refractivity contribution >= 4 is 23.3 Å². The first-order valence-corrected chi connectivity index (χ1v) is 11.6. The Hall–Kier alpha value is -3.20. The lowest BCUT2D eigenvalue weighted by Crippen LogP contribution is -2.46. The number of pyridine rings is 2. The summed E-state index contributed by atoms with van der Waals surface area (Å²) in [5, 5.41) is 4.27. The Labute approximate surface area is 194 Å². The Bertz CT molecular complexity index is 963. The standard InChI is InChI=1S/C24H33N7O2/c1-33-29-23(20-2-3-21(25)28-15-20)18-7-12-31(13-8-18)24(32)19-5-10-30(11-6-19)16-17-4-9-27-22(26)14-17/h2-4,9,14-15,18-19H,5-8,10-13,16H2,1H3,(H2,25,28)(H2,26,27). The van der Waals surface area contributed by atoms with E-state index in [4.69, 9.17) is 16.3 Å². The van der Waals surface area contributed by atoms with Crippen molar-refractivity contribution in [3.05, 3.63) is 47.8 Å². The van der Waals surface area contributed by atoms with Gasteiger partial charge in [-0.25, -0.2) is 9.97 Å². The van der Waals surface area contributed by atoms with Gasteiger partial charge in [0.2, 0.25) is 5.91 Å². The minimum atomic E-state index is 0.105. The average Bonchev–Trinajstić information content (AvgIpc) is 2.83. The molecular weight excluding hydrogens is 418 g/mol. The molecule has 2 saturated heterocycles. The zero-order chi connectivity index (χ0) is 23.2. The zero-order valence-corrected chi connectivity index (χ0v) is 19.2. The number of anilines is 2. The van der Waals surface area contributed by atoms with Gasteiger partial charge in [-0.1, -0.05) is 5.16 Å². The number of oxime groups is 1. The molecule has 0 atom stereocenters. The van der Waals surface area contributed by atoms with Gasteiger partial charge in [0, 0.05) is 49.4 Å². The second kappa shape index (κ2) is 10.6. The van der Waals surface area contributed by atoms with E-state index in [1.54, 1.807) is 25.6 Å². The van der Waals surface area contributed by atoms with Gasteiger partial charge in [-0.3, -0.25) is 9.69 Å². The Morgan fingerprint density at radius 1 is 1.03 bits per heavy atom. The molecule has 2 aromatic heterocycles. The number of rotatable bonds is 6. The molecule has 4 heterocycles. The molecule has 9 nitrogen and oxygen atoms in total. The van der Waals surface area contributed by atoms with E-state index in [-0.39, 0.29) is 11.8 Å². The highest BCUT2D eigenvalue weighted by Gasteiger charge is 2.32. The van der Waals surface area contributed by atoms with Gasteiger partial charge in [0.25, 0.3) is 0 Å². The predicted octanol–water partition coefficient (Wildman–Crippen LogP) is 2.14. The molecule has 0 aliphatic carbocycles. The number of aromatic nitrogens is 2. The van der Waals surface area contributed by atoms with Crippen LogP contribution in [-0.2, 0) is 16.2 Å². The summed E-state index contributed by atoms with van der Waals surface area (Å²) in [5.74, 6) is 1.66. The molecule has 0 bridgehead atoms. The van der Waals surface area contributed by atoms with Crippen molar-refractivity contribution in [3.8, 4) is 0 Å². The first kappa shape index (κ1) is 23.0. The van der Waals surface area contributed by atoms with E-state index >= 15 is 0 Å². The van der Waals surface area contributed by atoms with E-state index in [2.05, 4.69) is 20.0 Å². The summed E-state index contributed by atoms with van der Waals surface area (Å²) in [6.07, 6.45) is 7.00. The van der Waals surface area contributed by atoms with Gasteiger partial charge < -0.3 is 21.2 Å². The second-order valence-corrected chi connectivity index (χ2v) is 8.87. The summed E-state index contributed by atoms with van der Waals surface area (Å²) in [6.45, 7) is 4.17. The molecule has 4 rings (SSSR count). The van der Waals surface area contributed by atoms with E-state index < -0.39 is 0 Å². The molecule has 4 N–H and O–H groups in total. The van der Waals surface area contributed by atoms with E-state index in [1.807, 2.05) is 23.1 Å². The van der Waals surface area contributed by atoms with E-state index in [0.29, 0.717) is 17.5 Å². The van der Waals surface area contributed by atoms with E-state index in [1.165, 1.54) is 5.56 Å². The van der Waals surface area contributed by atoms with Crippen LogP contribution in [0.2, 0.25) is 0 Å². The monoisotopic (exact) mass is 451 g/mol. The van der Waals surface area contributed by atoms with Crippen LogP contribution in [0.15, 0.2) is 41.8 Å². The lowest BCUT2D eigenvalue weighted by Gasteiger charge is -2.37. The van der Waals surface area contributed by atoms with Crippen LogP contribution >= 0.6 is 0 Å². The minimum absolute atomic E-state index is 0.105. The number of likely N-dealkylation sites (tertiary alicyclic amines) is 2. The first-order chi connectivity index (χ1) is 16.0. The summed E-state index contributed by atoms with van der Waals surface area (Å²) in [5.41, 5.74) is 14.5. The Balaban J connectivity index is 1.28. The van der Waals surface area contributed by atoms with Gasteiger partial charge in [0.15, 0.2) is 0 Å². The van der Waals surface area contributed by atoms with Crippen molar-refractivity contribution < 1.29 is 9.63 Å². The molecule has 0 saturated carbocycles. The zero-order valence-electron chi connectivity index (χ0n) is 19.2. The SMILES string of the molecule is CON=C(c1ccc(N)nc1)C1CCN(C(=O)C2CCN(Cc3ccnc(N)c3)CC2)CC1. The van der Waals surface area contributed by atoms with Gasteiger partial charge in [0.1, 0.15) is 18.7 Å². The molecule has 2 aromatic rings. The van der Waals surface area contributed by atoms with Crippen molar-refractivity contribution in [1.29, 1.82) is 0 Å². The molecule has 2 aliphatic heterocycles. The maximum atomic E-state index is 13.2. The Morgan fingerprint density at radius 2 is 1.76 bits per heavy atom. The maximum Gasteiger partial charge on any atom is 0.225 e. The molecule has 0 spiro atoms. The van der Waals surface area contributed by atoms with Crippen LogP contribution in [0.3, 0.4) is 0 Å². The van der Waals surface area contributed by atoms with Crippen LogP contribution in [-0.4, -0.2) is 64.7 Å². The summed E-state index contributed by atoms with van der Waals surface area (Å²) in [6, 6.07) is 7.61. The van der Waals surface area contributed by atoms with E-state index in [9.17, 15) is 4.79 Å². The smallest absolute Gasteiger partial charge is 0.225 e. The van der Waals surface area contributed by atoms with Crippen molar-refractivity contribution in [2.75, 3.05) is 44.8 Å². The third kappa shape index (κ3) is 5.78. The number of piperidine rings is 2. The van der Waals surface area contributed by atoms with Crippen LogP contribution in [0.4, 0.5) is 11.6 Å². The molecule has 2 aliphatic rings. The summed E-state index contributed by atoms with van der Waals surface area (Å²) >= 11 is 0. The van der Waals surface area contributed by atoms with Crippen molar-refractivity contribution in [2.24, 2.45) is 17.0 Å². The van der Waals surface area contributed by atoms with E-state index in [0.717, 1.165) is 69.7 Å². The summed E-state index contributed by atoms with van der Waals surface area (Å²) < 4.78 is 0. The fourth-order valence-corrected chi connectivity index (χ4v) is 4.84. The Morgan fingerprint density at radius 3 is 2.39 bits per heavy atom. The van der Waals surface area contributed by atoms with Gasteiger partial charge in [-0.05, 0) is 68.6 Å². The third-order valence-corrected chi connectivity index (χ3v) is 6.65. The summed E-state index contributed by atoms with van der Waals surface area (Å²) in [4.78, 5) is 30.9. The molecule has 0 unspecified atom stereocenters. The predicted molar refractivity (Wildman–Crippen MR) is 128 cm³/mol. The maximum absolute atomic E-state index is 13.2. The highest BCUT2D eigenvalue weighted by atomic mass is 16.6. The van der Waals surface area contributed by atoms with Crippen LogP contribution in [0.1, 0.15) is 36.8 Å². The average molecular weight is 452 g/mol. The molecular formula is C24H33N7O2. The minimum Gasteiger partial charge on any atom is -0.399 e. The molecule has 176 valence electrons. The lowest BCUT2D eigenvalue weighted by atomic mass is 9.87. The number of nitrogen functional groups attached to an aromatic ring is 2. The first-order valence-electron chi connectivity index (χ1n) is 11.6. The van der Waals surface area contributed by atoms with Crippen molar-refractivity contribution in [3.63, 3.8) is 0 Å². The van der Waals surface area contributed by atoms with Gasteiger partial charge in [-0.2, -0.15) is 0 Å². The highest BCUT2D eigenvalue weighted by molar-refractivity contribution is 6.02. The molecule has 33 heavy (non-hydrogen) atoms. The quantitative estimate of drug-likeness (QED) is 0.509. The molecule has 1 amide bonds. The third-order valence-electron chi connectivity index (χ3n) is 6.65. The number of amides is 1. The Kier molecular flexibility index (Phi) is 7.39. The number of carbonyl (C=O) groups is 1. The molecule has 9 heteroatoms. The number of nitrogens with two attached hydrogens (primary N) is 2. The van der Waals surface area contributed by atoms with Gasteiger partial charge in [0.05, 0.1) is 5.71 Å². The van der Waals surface area contributed by atoms with Crippen LogP contribution in [0.25, 0.3) is 0 Å². The lowest BCUT2D eigenvalue weighted by molar-refractivity contribution is -0.138. The van der Waals surface area contributed by atoms with Crippen LogP contribution in [0, 0.1) is 11.8 Å². The number of nitrogens with zero attached hydrogens (tertiary/aromatic N) is 5. The normalized spacial score (nSPS) is 18.9. The van der Waals surface area contributed by atoms with Gasteiger partial charge >= 0.3 is 0 Å². The largest absolute Gasteiger partial charge is 0.399 e. The van der Waals surface area contributed by atoms with Gasteiger partial charge in [-0.15, -0.1) is 0 Å². The van der Waals surface area contributed by atoms with Crippen molar-refractivity contribution in [1.82, 2.24) is 19.8 Å². The number of hydrogen-bond acceptors (Lipinski definition) is 8.